The van der Waals surface area contributed by atoms with Crippen molar-refractivity contribution in [1.29, 1.82) is 0 Å². The van der Waals surface area contributed by atoms with Crippen molar-refractivity contribution in [1.82, 2.24) is 28.2 Å². The average Bonchev–Trinajstić information content (AvgIpc) is 4.38. The molecule has 2 unspecified atom stereocenters. The molecule has 1 aliphatic heterocycles. The van der Waals surface area contributed by atoms with Crippen LogP contribution < -0.4 is 34.2 Å². The third kappa shape index (κ3) is 8.03. The van der Waals surface area contributed by atoms with Gasteiger partial charge in [0.2, 0.25) is 0 Å². The van der Waals surface area contributed by atoms with Crippen molar-refractivity contribution in [3.63, 3.8) is 0 Å². The fourth-order valence-electron chi connectivity index (χ4n) is 11.5. The van der Waals surface area contributed by atoms with Gasteiger partial charge in [0, 0.05) is 64.7 Å². The van der Waals surface area contributed by atoms with E-state index in [0.29, 0.717) is 67.6 Å². The number of aryl methyl sites for hydroxylation is 4. The van der Waals surface area contributed by atoms with Crippen LogP contribution in [0, 0.1) is 47.5 Å². The summed E-state index contributed by atoms with van der Waals surface area (Å²) in [6.45, 7) is 23.2. The molecule has 11 aromatic rings. The molecular formula is C61H60IN6O8-. The fourth-order valence-corrected chi connectivity index (χ4v) is 12.1. The van der Waals surface area contributed by atoms with Crippen LogP contribution in [-0.2, 0) is 16.1 Å². The summed E-state index contributed by atoms with van der Waals surface area (Å²) in [5.74, 6) is 4.04. The second-order valence-corrected chi connectivity index (χ2v) is 20.9. The predicted octanol–water partition coefficient (Wildman–Crippen LogP) is 11.8. The quantitative estimate of drug-likeness (QED) is 0.0681. The molecule has 1 aliphatic rings. The molecule has 2 aromatic carbocycles. The molecule has 9 aromatic heterocycles. The largest absolute Gasteiger partial charge is 0.465 e. The van der Waals surface area contributed by atoms with Crippen LogP contribution in [-0.4, -0.2) is 53.0 Å². The summed E-state index contributed by atoms with van der Waals surface area (Å²) < 4.78 is 58.4. The number of fused-ring (bicyclic) bond motifs is 6. The van der Waals surface area contributed by atoms with Crippen molar-refractivity contribution in [2.45, 2.75) is 82.0 Å². The van der Waals surface area contributed by atoms with E-state index in [4.69, 9.17) is 45.2 Å². The van der Waals surface area contributed by atoms with Crippen molar-refractivity contribution in [3.8, 4) is 63.2 Å². The van der Waals surface area contributed by atoms with E-state index in [2.05, 4.69) is 127 Å². The second-order valence-electron chi connectivity index (χ2n) is 19.5. The Bertz CT molecular complexity index is 4020. The predicted molar refractivity (Wildman–Crippen MR) is 292 cm³/mol. The first-order chi connectivity index (χ1) is 36.9. The molecule has 14 nitrogen and oxygen atoms in total. The van der Waals surface area contributed by atoms with E-state index in [1.54, 1.807) is 0 Å². The van der Waals surface area contributed by atoms with Gasteiger partial charge in [-0.15, -0.1) is 0 Å². The maximum atomic E-state index is 6.55. The topological polar surface area (TPSA) is 131 Å². The van der Waals surface area contributed by atoms with Crippen LogP contribution in [0.1, 0.15) is 72.9 Å². The summed E-state index contributed by atoms with van der Waals surface area (Å²) in [5.41, 5.74) is 17.6. The van der Waals surface area contributed by atoms with Crippen LogP contribution in [0.4, 0.5) is 0 Å². The van der Waals surface area contributed by atoms with Crippen LogP contribution in [0.2, 0.25) is 0 Å². The summed E-state index contributed by atoms with van der Waals surface area (Å²) >= 11 is -0.496. The molecule has 0 fully saturated rings. The zero-order chi connectivity index (χ0) is 52.7. The Balaban J connectivity index is 1.07. The Morgan fingerprint density at radius 3 is 1.93 bits per heavy atom. The van der Waals surface area contributed by atoms with Crippen LogP contribution >= 0.6 is 0 Å². The van der Waals surface area contributed by atoms with Crippen molar-refractivity contribution in [2.24, 2.45) is 5.92 Å². The Labute approximate surface area is 451 Å². The number of aromatic nitrogens is 6. The van der Waals surface area contributed by atoms with E-state index < -0.39 is 21.6 Å². The number of pyridine rings is 2. The number of nitrogens with zero attached hydrogens (tertiary/aromatic N) is 6. The van der Waals surface area contributed by atoms with Gasteiger partial charge in [0.25, 0.3) is 11.9 Å². The van der Waals surface area contributed by atoms with E-state index in [-0.39, 0.29) is 12.0 Å². The van der Waals surface area contributed by atoms with E-state index in [0.717, 1.165) is 99.8 Å². The van der Waals surface area contributed by atoms with Gasteiger partial charge in [0.15, 0.2) is 0 Å². The molecule has 0 saturated carbocycles. The van der Waals surface area contributed by atoms with Gasteiger partial charge >= 0.3 is 226 Å². The molecule has 12 rings (SSSR count). The van der Waals surface area contributed by atoms with E-state index >= 15 is 0 Å². The first-order valence-corrected chi connectivity index (χ1v) is 28.9. The number of ether oxygens (including phenoxy) is 4. The van der Waals surface area contributed by atoms with Crippen molar-refractivity contribution >= 4 is 43.7 Å². The Morgan fingerprint density at radius 2 is 1.25 bits per heavy atom. The van der Waals surface area contributed by atoms with Gasteiger partial charge in [-0.3, -0.25) is 4.98 Å². The van der Waals surface area contributed by atoms with Gasteiger partial charge in [-0.2, -0.15) is 0 Å². The Hall–Kier alpha value is -7.79. The molecule has 0 radical (unpaired) electrons. The maximum absolute atomic E-state index is 6.55. The van der Waals surface area contributed by atoms with Crippen LogP contribution in [0.25, 0.3) is 89.1 Å². The number of benzene rings is 2. The van der Waals surface area contributed by atoms with Gasteiger partial charge in [-0.25, -0.2) is 0 Å². The summed E-state index contributed by atoms with van der Waals surface area (Å²) in [6.07, 6.45) is 14.3. The smallest absolute Gasteiger partial charge is 0.284 e. The van der Waals surface area contributed by atoms with Crippen LogP contribution in [0.3, 0.4) is 0 Å². The van der Waals surface area contributed by atoms with E-state index in [1.807, 2.05) is 69.6 Å². The average molecular weight is 1130 g/mol. The zero-order valence-corrected chi connectivity index (χ0v) is 46.8. The first kappa shape index (κ1) is 49.1. The molecule has 0 bridgehead atoms. The molecule has 0 N–H and O–H groups in total. The minimum atomic E-state index is -0.496. The van der Waals surface area contributed by atoms with E-state index in [9.17, 15) is 0 Å². The maximum Gasteiger partial charge on any atom is 0.284 e. The number of halogens is 1. The second kappa shape index (κ2) is 19.4. The van der Waals surface area contributed by atoms with Gasteiger partial charge in [-0.1, -0.05) is 13.0 Å². The summed E-state index contributed by atoms with van der Waals surface area (Å²) in [6, 6.07) is 20.3. The number of hydrogen-bond acceptors (Lipinski definition) is 10. The van der Waals surface area contributed by atoms with Gasteiger partial charge in [0.05, 0.1) is 29.9 Å². The Morgan fingerprint density at radius 1 is 0.618 bits per heavy atom. The van der Waals surface area contributed by atoms with Crippen molar-refractivity contribution < 1.29 is 56.9 Å². The molecule has 390 valence electrons. The molecule has 0 amide bonds. The number of hydrogen-bond donors (Lipinski definition) is 0. The van der Waals surface area contributed by atoms with Crippen LogP contribution in [0.5, 0.6) is 17.8 Å². The molecule has 0 spiro atoms. The number of rotatable bonds is 16. The standard InChI is InChI=1S/C61H60IN6O8/c1-12-69-50-20-17-47(72-50)41-28-66(29-42(41)48-19-22-52(74-48)76-62-11)59-38(9)37(8)39(10)60-55(59)56-46(16-15-36(7)64-56)68(60)32-67-45-23-24-63-27-40(45)54-57(33(4)25-34(5)58(54)67)65-30-43(49-18-21-51(73-49)70-13-2)44(31-65)61-35(6)26-53(75-61)71-14-3/h15-31,35,61H,12-14,32H2,1-11H3/q-1. The summed E-state index contributed by atoms with van der Waals surface area (Å²) in [4.78, 5) is 12.2. The van der Waals surface area contributed by atoms with Gasteiger partial charge in [-0.05, 0) is 63.9 Å². The monoisotopic (exact) mass is 1130 g/mol. The Kier molecular flexibility index (Phi) is 12.5. The number of alkyl halides is 1. The minimum Gasteiger partial charge on any atom is -0.465 e. The van der Waals surface area contributed by atoms with Gasteiger partial charge in [0.1, 0.15) is 11.9 Å². The molecule has 76 heavy (non-hydrogen) atoms. The normalized spacial score (nSPS) is 14.8. The zero-order valence-electron chi connectivity index (χ0n) is 44.6. The third-order valence-corrected chi connectivity index (χ3v) is 15.7. The molecule has 0 aliphatic carbocycles. The third-order valence-electron chi connectivity index (χ3n) is 14.9. The molecule has 0 saturated heterocycles. The van der Waals surface area contributed by atoms with E-state index in [1.165, 1.54) is 11.1 Å². The SMILES string of the molecule is CCOC1=CC(C)C(c2cn(-c3c(C)cc(C)c4c3c3cnccc3n4Cn3c4ccc(C)nc4c4c(-n5cc(-c6ccc(OCC)o6)c(-c6ccc(O[I-]C)o6)c5)c(C)c(C)c(C)c43)cc2-c2ccc(OCC)o2)O1. The summed E-state index contributed by atoms with van der Waals surface area (Å²) in [5, 5.41) is 3.20. The van der Waals surface area contributed by atoms with Gasteiger partial charge < -0.3 is 27.8 Å². The van der Waals surface area contributed by atoms with Crippen LogP contribution in [0.15, 0.2) is 123 Å². The number of furan rings is 3. The van der Waals surface area contributed by atoms with Crippen molar-refractivity contribution in [3.05, 3.63) is 149 Å². The summed E-state index contributed by atoms with van der Waals surface area (Å²) in [7, 11) is 0. The molecule has 2 atom stereocenters. The molecule has 10 heterocycles. The minimum absolute atomic E-state index is 0.0425. The first-order valence-electron chi connectivity index (χ1n) is 25.8. The van der Waals surface area contributed by atoms with Crippen molar-refractivity contribution in [2.75, 3.05) is 24.8 Å². The fraction of sp³-hybridized carbons (Fsp3) is 0.279. The molecule has 15 heteroatoms. The molecular weight excluding hydrogens is 1070 g/mol.